The average Bonchev–Trinajstić information content (AvgIpc) is 2.37. The first-order valence-electron chi connectivity index (χ1n) is 7.03. The molecular weight excluding hydrogens is 226 g/mol. The summed E-state index contributed by atoms with van der Waals surface area (Å²) >= 11 is 0. The van der Waals surface area contributed by atoms with Crippen molar-refractivity contribution in [1.29, 1.82) is 0 Å². The summed E-state index contributed by atoms with van der Waals surface area (Å²) in [5.74, 6) is 0.331. The van der Waals surface area contributed by atoms with Crippen LogP contribution < -0.4 is 5.73 Å². The molecule has 1 aliphatic rings. The van der Waals surface area contributed by atoms with E-state index in [1.54, 1.807) is 0 Å². The van der Waals surface area contributed by atoms with E-state index in [-0.39, 0.29) is 5.41 Å². The van der Waals surface area contributed by atoms with E-state index in [4.69, 9.17) is 10.9 Å². The molecule has 4 nitrogen and oxygen atoms in total. The Morgan fingerprint density at radius 2 is 1.94 bits per heavy atom. The molecule has 106 valence electrons. The third-order valence-corrected chi connectivity index (χ3v) is 4.77. The smallest absolute Gasteiger partial charge is 0.144 e. The minimum atomic E-state index is -0.222. The largest absolute Gasteiger partial charge is 0.409 e. The van der Waals surface area contributed by atoms with Crippen molar-refractivity contribution in [3.8, 4) is 0 Å². The first-order valence-corrected chi connectivity index (χ1v) is 7.03. The van der Waals surface area contributed by atoms with Gasteiger partial charge in [0.1, 0.15) is 5.84 Å². The second kappa shape index (κ2) is 5.91. The van der Waals surface area contributed by atoms with Crippen LogP contribution in [0.2, 0.25) is 0 Å². The fourth-order valence-corrected chi connectivity index (χ4v) is 2.37. The van der Waals surface area contributed by atoms with Crippen LogP contribution in [-0.4, -0.2) is 35.6 Å². The Balaban J connectivity index is 2.39. The number of nitrogens with two attached hydrogens (primary N) is 1. The number of nitrogens with zero attached hydrogens (tertiary/aromatic N) is 2. The monoisotopic (exact) mass is 255 g/mol. The van der Waals surface area contributed by atoms with E-state index in [0.29, 0.717) is 11.3 Å². The molecule has 0 atom stereocenters. The quantitative estimate of drug-likeness (QED) is 0.343. The second-order valence-corrected chi connectivity index (χ2v) is 6.62. The highest BCUT2D eigenvalue weighted by Crippen LogP contribution is 2.34. The van der Waals surface area contributed by atoms with Crippen LogP contribution in [0.4, 0.5) is 0 Å². The zero-order valence-corrected chi connectivity index (χ0v) is 12.4. The Morgan fingerprint density at radius 3 is 2.39 bits per heavy atom. The zero-order valence-electron chi connectivity index (χ0n) is 12.4. The fraction of sp³-hybridized carbons (Fsp3) is 0.929. The molecule has 18 heavy (non-hydrogen) atoms. The van der Waals surface area contributed by atoms with Gasteiger partial charge in [-0.1, -0.05) is 39.3 Å². The topological polar surface area (TPSA) is 61.8 Å². The summed E-state index contributed by atoms with van der Waals surface area (Å²) in [5.41, 5.74) is 6.03. The third kappa shape index (κ3) is 3.87. The summed E-state index contributed by atoms with van der Waals surface area (Å²) in [7, 11) is 0. The summed E-state index contributed by atoms with van der Waals surface area (Å²) in [5, 5.41) is 11.9. The molecule has 1 aliphatic heterocycles. The van der Waals surface area contributed by atoms with Crippen LogP contribution >= 0.6 is 0 Å². The Labute approximate surface area is 111 Å². The molecule has 0 amide bonds. The van der Waals surface area contributed by atoms with Crippen LogP contribution in [0.1, 0.15) is 53.4 Å². The van der Waals surface area contributed by atoms with Gasteiger partial charge in [-0.2, -0.15) is 0 Å². The summed E-state index contributed by atoms with van der Waals surface area (Å²) in [6, 6.07) is 0. The summed E-state index contributed by atoms with van der Waals surface area (Å²) in [6.07, 6.45) is 4.78. The van der Waals surface area contributed by atoms with E-state index >= 15 is 0 Å². The van der Waals surface area contributed by atoms with Gasteiger partial charge in [-0.25, -0.2) is 0 Å². The molecule has 0 aliphatic carbocycles. The predicted molar refractivity (Wildman–Crippen MR) is 75.9 cm³/mol. The number of piperidine rings is 1. The lowest BCUT2D eigenvalue weighted by Gasteiger charge is -2.39. The maximum absolute atomic E-state index is 8.76. The predicted octanol–water partition coefficient (Wildman–Crippen LogP) is 2.66. The minimum absolute atomic E-state index is 0.222. The van der Waals surface area contributed by atoms with Crippen molar-refractivity contribution in [3.05, 3.63) is 0 Å². The molecule has 0 spiro atoms. The van der Waals surface area contributed by atoms with E-state index < -0.39 is 0 Å². The van der Waals surface area contributed by atoms with Crippen molar-refractivity contribution in [2.45, 2.75) is 53.4 Å². The Kier molecular flexibility index (Phi) is 5.02. The fourth-order valence-electron chi connectivity index (χ4n) is 2.37. The van der Waals surface area contributed by atoms with Crippen molar-refractivity contribution < 1.29 is 5.21 Å². The van der Waals surface area contributed by atoms with Gasteiger partial charge in [-0.15, -0.1) is 0 Å². The number of rotatable bonds is 5. The van der Waals surface area contributed by atoms with Gasteiger partial charge in [0.25, 0.3) is 0 Å². The van der Waals surface area contributed by atoms with E-state index in [1.165, 1.54) is 32.4 Å². The molecular formula is C14H29N3O. The minimum Gasteiger partial charge on any atom is -0.409 e. The molecule has 0 radical (unpaired) electrons. The van der Waals surface area contributed by atoms with Crippen LogP contribution in [-0.2, 0) is 0 Å². The summed E-state index contributed by atoms with van der Waals surface area (Å²) in [6.45, 7) is 12.1. The molecule has 0 aromatic heterocycles. The molecule has 3 N–H and O–H groups in total. The van der Waals surface area contributed by atoms with Crippen LogP contribution in [0.15, 0.2) is 5.16 Å². The number of amidine groups is 1. The Hall–Kier alpha value is -0.770. The maximum atomic E-state index is 8.76. The molecule has 4 heteroatoms. The van der Waals surface area contributed by atoms with Gasteiger partial charge in [-0.3, -0.25) is 0 Å². The highest BCUT2D eigenvalue weighted by molar-refractivity contribution is 5.85. The van der Waals surface area contributed by atoms with Crippen LogP contribution in [0.25, 0.3) is 0 Å². The Morgan fingerprint density at radius 1 is 1.39 bits per heavy atom. The second-order valence-electron chi connectivity index (χ2n) is 6.62. The third-order valence-electron chi connectivity index (χ3n) is 4.77. The van der Waals surface area contributed by atoms with Crippen molar-refractivity contribution in [2.75, 3.05) is 19.6 Å². The molecule has 1 rings (SSSR count). The summed E-state index contributed by atoms with van der Waals surface area (Å²) < 4.78 is 0. The van der Waals surface area contributed by atoms with E-state index in [0.717, 1.165) is 13.0 Å². The lowest BCUT2D eigenvalue weighted by Crippen LogP contribution is -2.41. The molecule has 0 aromatic carbocycles. The van der Waals surface area contributed by atoms with Gasteiger partial charge in [-0.05, 0) is 44.3 Å². The lowest BCUT2D eigenvalue weighted by molar-refractivity contribution is 0.108. The van der Waals surface area contributed by atoms with E-state index in [9.17, 15) is 0 Å². The van der Waals surface area contributed by atoms with E-state index in [2.05, 4.69) is 23.9 Å². The molecule has 0 bridgehead atoms. The Bertz CT molecular complexity index is 291. The SMILES string of the molecule is CCC1(C)CCN(CCC(C)(C)C(N)=NO)CC1. The van der Waals surface area contributed by atoms with Gasteiger partial charge >= 0.3 is 0 Å². The van der Waals surface area contributed by atoms with Gasteiger partial charge < -0.3 is 15.8 Å². The van der Waals surface area contributed by atoms with Crippen molar-refractivity contribution in [3.63, 3.8) is 0 Å². The number of oxime groups is 1. The number of likely N-dealkylation sites (tertiary alicyclic amines) is 1. The molecule has 0 saturated carbocycles. The molecule has 1 saturated heterocycles. The van der Waals surface area contributed by atoms with E-state index in [1.807, 2.05) is 13.8 Å². The van der Waals surface area contributed by atoms with Crippen LogP contribution in [0.5, 0.6) is 0 Å². The van der Waals surface area contributed by atoms with Crippen molar-refractivity contribution in [1.82, 2.24) is 4.90 Å². The van der Waals surface area contributed by atoms with Crippen molar-refractivity contribution in [2.24, 2.45) is 21.7 Å². The van der Waals surface area contributed by atoms with Gasteiger partial charge in [0, 0.05) is 5.41 Å². The van der Waals surface area contributed by atoms with Gasteiger partial charge in [0.2, 0.25) is 0 Å². The van der Waals surface area contributed by atoms with Crippen LogP contribution in [0.3, 0.4) is 0 Å². The first-order chi connectivity index (χ1) is 8.33. The normalized spacial score (nSPS) is 22.1. The first kappa shape index (κ1) is 15.3. The highest BCUT2D eigenvalue weighted by Gasteiger charge is 2.30. The van der Waals surface area contributed by atoms with Gasteiger partial charge in [0.15, 0.2) is 0 Å². The van der Waals surface area contributed by atoms with Crippen LogP contribution in [0, 0.1) is 10.8 Å². The molecule has 1 heterocycles. The highest BCUT2D eigenvalue weighted by atomic mass is 16.4. The average molecular weight is 255 g/mol. The maximum Gasteiger partial charge on any atom is 0.144 e. The number of hydrogen-bond acceptors (Lipinski definition) is 3. The van der Waals surface area contributed by atoms with Crippen molar-refractivity contribution >= 4 is 5.84 Å². The zero-order chi connectivity index (χ0) is 13.8. The standard InChI is InChI=1S/C14H29N3O/c1-5-14(4)7-10-17(11-8-14)9-6-13(2,3)12(15)16-18/h18H,5-11H2,1-4H3,(H2,15,16). The summed E-state index contributed by atoms with van der Waals surface area (Å²) in [4.78, 5) is 2.50. The molecule has 0 aromatic rings. The van der Waals surface area contributed by atoms with Gasteiger partial charge in [0.05, 0.1) is 0 Å². The lowest BCUT2D eigenvalue weighted by atomic mass is 9.78. The molecule has 1 fully saturated rings. The molecule has 0 unspecified atom stereocenters. The number of hydrogen-bond donors (Lipinski definition) is 2.